The molecule has 0 unspecified atom stereocenters. The van der Waals surface area contributed by atoms with Crippen molar-refractivity contribution in [1.29, 1.82) is 0 Å². The van der Waals surface area contributed by atoms with Crippen molar-refractivity contribution < 1.29 is 14.4 Å². The van der Waals surface area contributed by atoms with E-state index in [9.17, 15) is 0 Å². The zero-order valence-corrected chi connectivity index (χ0v) is 19.2. The molecule has 148 valence electrons. The molecule has 0 amide bonds. The Hall–Kier alpha value is -0.826. The fourth-order valence-corrected chi connectivity index (χ4v) is 2.42. The van der Waals surface area contributed by atoms with Crippen LogP contribution in [0.5, 0.6) is 0 Å². The summed E-state index contributed by atoms with van der Waals surface area (Å²) in [6.45, 7) is 25.2. The van der Waals surface area contributed by atoms with Crippen molar-refractivity contribution in [3.63, 3.8) is 0 Å². The molecule has 0 saturated carbocycles. The van der Waals surface area contributed by atoms with Gasteiger partial charge in [-0.3, -0.25) is 0 Å². The molecule has 0 aliphatic rings. The van der Waals surface area contributed by atoms with Gasteiger partial charge in [-0.05, 0) is 0 Å². The zero-order chi connectivity index (χ0) is 20.1. The standard InChI is InChI=1S/2C10H19N2.Ni/c2*1-9(2,3)7-11-8-12-10(4,5)6;/h2*7H,1-6H3;. The summed E-state index contributed by atoms with van der Waals surface area (Å²) in [6, 6.07) is 0. The van der Waals surface area contributed by atoms with Crippen LogP contribution in [0.25, 0.3) is 0 Å². The SMILES string of the molecule is CC(C)(C)C=N[C](=NC(C)(C)C)[Ni][C](N=CC(C)(C)C)=NC(C)(C)C. The molecule has 0 atom stereocenters. The van der Waals surface area contributed by atoms with E-state index in [0.717, 1.165) is 0 Å². The second-order valence-electron chi connectivity index (χ2n) is 10.4. The predicted molar refractivity (Wildman–Crippen MR) is 110 cm³/mol. The third-order valence-corrected chi connectivity index (χ3v) is 3.00. The van der Waals surface area contributed by atoms with Crippen molar-refractivity contribution in [3.8, 4) is 0 Å². The average molecular weight is 393 g/mol. The maximum atomic E-state index is 4.76. The number of aliphatic imine (C=N–C) groups is 4. The molecule has 25 heavy (non-hydrogen) atoms. The van der Waals surface area contributed by atoms with Gasteiger partial charge in [-0.15, -0.1) is 0 Å². The Labute approximate surface area is 161 Å². The zero-order valence-electron chi connectivity index (χ0n) is 18.3. The van der Waals surface area contributed by atoms with Crippen LogP contribution in [0.2, 0.25) is 0 Å². The van der Waals surface area contributed by atoms with E-state index in [4.69, 9.17) is 9.98 Å². The molecule has 4 nitrogen and oxygen atoms in total. The van der Waals surface area contributed by atoms with Crippen LogP contribution in [-0.4, -0.2) is 33.1 Å². The Morgan fingerprint density at radius 2 is 0.840 bits per heavy atom. The van der Waals surface area contributed by atoms with Gasteiger partial charge in [0.05, 0.1) is 0 Å². The molecule has 0 aromatic carbocycles. The summed E-state index contributed by atoms with van der Waals surface area (Å²) in [5.74, 6) is 0. The monoisotopic (exact) mass is 392 g/mol. The van der Waals surface area contributed by atoms with Crippen molar-refractivity contribution in [2.45, 2.75) is 94.2 Å². The summed E-state index contributed by atoms with van der Waals surface area (Å²) in [5, 5.41) is 0. The van der Waals surface area contributed by atoms with Gasteiger partial charge in [0.1, 0.15) is 0 Å². The third kappa shape index (κ3) is 16.4. The summed E-state index contributed by atoms with van der Waals surface area (Å²) >= 11 is 1.21. The molecule has 0 radical (unpaired) electrons. The average Bonchev–Trinajstić information content (AvgIpc) is 2.27. The van der Waals surface area contributed by atoms with Gasteiger partial charge in [0.15, 0.2) is 0 Å². The fraction of sp³-hybridized carbons (Fsp3) is 0.800. The Bertz CT molecular complexity index is 492. The topological polar surface area (TPSA) is 49.4 Å². The van der Waals surface area contributed by atoms with Crippen LogP contribution in [0.4, 0.5) is 0 Å². The third-order valence-electron chi connectivity index (χ3n) is 2.08. The van der Waals surface area contributed by atoms with E-state index in [1.54, 1.807) is 0 Å². The predicted octanol–water partition coefficient (Wildman–Crippen LogP) is 5.61. The number of rotatable bonds is 2. The molecule has 0 bridgehead atoms. The van der Waals surface area contributed by atoms with Gasteiger partial charge >= 0.3 is 161 Å². The maximum absolute atomic E-state index is 4.76. The van der Waals surface area contributed by atoms with Gasteiger partial charge in [-0.1, -0.05) is 0 Å². The molecule has 0 saturated heterocycles. The molecule has 5 heteroatoms. The van der Waals surface area contributed by atoms with Crippen LogP contribution < -0.4 is 0 Å². The van der Waals surface area contributed by atoms with Gasteiger partial charge in [-0.25, -0.2) is 0 Å². The van der Waals surface area contributed by atoms with Crippen LogP contribution >= 0.6 is 0 Å². The summed E-state index contributed by atoms with van der Waals surface area (Å²) in [5.41, 5.74) is -0.413. The Morgan fingerprint density at radius 3 is 1.04 bits per heavy atom. The Balaban J connectivity index is 5.83. The normalized spacial score (nSPS) is 16.5. The van der Waals surface area contributed by atoms with Crippen molar-refractivity contribution in [2.24, 2.45) is 30.8 Å². The van der Waals surface area contributed by atoms with E-state index >= 15 is 0 Å². The molecule has 0 N–H and O–H groups in total. The van der Waals surface area contributed by atoms with E-state index in [1.807, 2.05) is 12.4 Å². The first-order valence-electron chi connectivity index (χ1n) is 8.75. The first-order valence-corrected chi connectivity index (χ1v) is 9.74. The molecule has 0 heterocycles. The van der Waals surface area contributed by atoms with E-state index in [0.29, 0.717) is 9.61 Å². The van der Waals surface area contributed by atoms with E-state index in [1.165, 1.54) is 14.4 Å². The summed E-state index contributed by atoms with van der Waals surface area (Å²) < 4.78 is 0. The minimum absolute atomic E-state index is 0.00140. The molecule has 0 aliphatic carbocycles. The Morgan fingerprint density at radius 1 is 0.560 bits per heavy atom. The van der Waals surface area contributed by atoms with Gasteiger partial charge in [-0.2, -0.15) is 0 Å². The first-order chi connectivity index (χ1) is 10.9. The van der Waals surface area contributed by atoms with Crippen LogP contribution in [-0.2, 0) is 14.4 Å². The number of amidine groups is 2. The van der Waals surface area contributed by atoms with E-state index in [-0.39, 0.29) is 21.9 Å². The number of nitrogens with zero attached hydrogens (tertiary/aromatic N) is 4. The van der Waals surface area contributed by atoms with Gasteiger partial charge in [0, 0.05) is 0 Å². The van der Waals surface area contributed by atoms with Crippen molar-refractivity contribution in [2.75, 3.05) is 0 Å². The molecule has 0 aromatic heterocycles. The summed E-state index contributed by atoms with van der Waals surface area (Å²) in [7, 11) is 0. The number of hydrogen-bond donors (Lipinski definition) is 0. The molecule has 0 fully saturated rings. The quantitative estimate of drug-likeness (QED) is 0.333. The molecular formula is C20H38N4Ni. The van der Waals surface area contributed by atoms with Crippen LogP contribution in [0.3, 0.4) is 0 Å². The van der Waals surface area contributed by atoms with E-state index in [2.05, 4.69) is 93.1 Å². The van der Waals surface area contributed by atoms with Crippen molar-refractivity contribution in [1.82, 2.24) is 0 Å². The van der Waals surface area contributed by atoms with Crippen LogP contribution in [0, 0.1) is 10.8 Å². The van der Waals surface area contributed by atoms with Crippen molar-refractivity contribution in [3.05, 3.63) is 0 Å². The second kappa shape index (κ2) is 8.71. The second-order valence-corrected chi connectivity index (χ2v) is 11.5. The first kappa shape index (κ1) is 24.2. The Kier molecular flexibility index (Phi) is 8.42. The molecular weight excluding hydrogens is 355 g/mol. The van der Waals surface area contributed by atoms with E-state index < -0.39 is 0 Å². The molecule has 0 spiro atoms. The van der Waals surface area contributed by atoms with Crippen LogP contribution in [0.1, 0.15) is 83.1 Å². The summed E-state index contributed by atoms with van der Waals surface area (Å²) in [4.78, 5) is 20.2. The molecule has 0 rings (SSSR count). The van der Waals surface area contributed by atoms with Gasteiger partial charge in [0.2, 0.25) is 0 Å². The van der Waals surface area contributed by atoms with Gasteiger partial charge in [0.25, 0.3) is 0 Å². The molecule has 0 aromatic rings. The fourth-order valence-electron chi connectivity index (χ4n) is 1.20. The number of hydrogen-bond acceptors (Lipinski definition) is 2. The minimum atomic E-state index is -0.205. The summed E-state index contributed by atoms with van der Waals surface area (Å²) in [6.07, 6.45) is 3.88. The van der Waals surface area contributed by atoms with Crippen molar-refractivity contribution >= 4 is 22.0 Å². The molecule has 0 aliphatic heterocycles. The van der Waals surface area contributed by atoms with Gasteiger partial charge < -0.3 is 0 Å². The van der Waals surface area contributed by atoms with Crippen LogP contribution in [0.15, 0.2) is 20.0 Å².